The van der Waals surface area contributed by atoms with Crippen molar-refractivity contribution in [3.05, 3.63) is 76.9 Å². The normalized spacial score (nSPS) is 13.3. The Labute approximate surface area is 214 Å². The number of sulfonamides is 1. The summed E-state index contributed by atoms with van der Waals surface area (Å²) >= 11 is 11.4. The maximum Gasteiger partial charge on any atom is 0.244 e. The van der Waals surface area contributed by atoms with Gasteiger partial charge in [0.15, 0.2) is 0 Å². The third-order valence-corrected chi connectivity index (χ3v) is 7.87. The standard InChI is InChI=1S/C24H22ClN3O5S2/c25-21-5-3-6-22(20(21)16-26)33-18-8-10-19(11-9-18)35(31,32)28(15-13-24(29)27-30)14-12-17-4-1-2-7-23(17)34/h1-6,8-11,30H,7,12-15H2,(H,27,29). The van der Waals surface area contributed by atoms with Crippen LogP contribution < -0.4 is 10.2 Å². The van der Waals surface area contributed by atoms with E-state index >= 15 is 0 Å². The van der Waals surface area contributed by atoms with Gasteiger partial charge in [-0.15, -0.1) is 0 Å². The Morgan fingerprint density at radius 1 is 1.23 bits per heavy atom. The molecular formula is C24H22ClN3O5S2. The summed E-state index contributed by atoms with van der Waals surface area (Å²) in [5, 5.41) is 18.3. The highest BCUT2D eigenvalue weighted by Crippen LogP contribution is 2.30. The van der Waals surface area contributed by atoms with Gasteiger partial charge in [-0.05, 0) is 48.4 Å². The Hall–Kier alpha value is -3.07. The smallest absolute Gasteiger partial charge is 0.244 e. The van der Waals surface area contributed by atoms with Crippen LogP contribution in [0.3, 0.4) is 0 Å². The number of nitriles is 1. The highest BCUT2D eigenvalue weighted by molar-refractivity contribution is 7.89. The van der Waals surface area contributed by atoms with Gasteiger partial charge >= 0.3 is 0 Å². The SMILES string of the molecule is N#Cc1c(Cl)cccc1Oc1ccc(S(=O)(=O)N(CCC(=O)NO)CCC2=CC=CCC2=S)cc1. The molecular weight excluding hydrogens is 510 g/mol. The average molecular weight is 532 g/mol. The van der Waals surface area contributed by atoms with Gasteiger partial charge in [0.05, 0.1) is 9.92 Å². The molecule has 0 bridgehead atoms. The lowest BCUT2D eigenvalue weighted by molar-refractivity contribution is -0.129. The van der Waals surface area contributed by atoms with Gasteiger partial charge in [-0.3, -0.25) is 10.0 Å². The summed E-state index contributed by atoms with van der Waals surface area (Å²) in [6, 6.07) is 12.5. The number of nitrogens with one attached hydrogen (secondary N) is 1. The minimum absolute atomic E-state index is 0.000883. The van der Waals surface area contributed by atoms with Crippen LogP contribution in [-0.4, -0.2) is 41.8 Å². The van der Waals surface area contributed by atoms with E-state index < -0.39 is 15.9 Å². The Morgan fingerprint density at radius 2 is 1.97 bits per heavy atom. The van der Waals surface area contributed by atoms with Crippen LogP contribution in [0.5, 0.6) is 11.5 Å². The van der Waals surface area contributed by atoms with Crippen LogP contribution in [-0.2, 0) is 14.8 Å². The first-order valence-corrected chi connectivity index (χ1v) is 12.8. The maximum absolute atomic E-state index is 13.4. The van der Waals surface area contributed by atoms with Crippen molar-refractivity contribution in [1.29, 1.82) is 5.26 Å². The topological polar surface area (TPSA) is 120 Å². The number of halogens is 1. The molecule has 2 aromatic rings. The molecule has 0 aromatic heterocycles. The van der Waals surface area contributed by atoms with Crippen LogP contribution >= 0.6 is 23.8 Å². The summed E-state index contributed by atoms with van der Waals surface area (Å²) in [7, 11) is -3.98. The number of hydrogen-bond donors (Lipinski definition) is 2. The molecule has 0 fully saturated rings. The van der Waals surface area contributed by atoms with E-state index in [0.29, 0.717) is 18.6 Å². The summed E-state index contributed by atoms with van der Waals surface area (Å²) in [5.41, 5.74) is 2.56. The van der Waals surface area contributed by atoms with E-state index in [1.165, 1.54) is 34.1 Å². The fourth-order valence-corrected chi connectivity index (χ4v) is 5.26. The monoisotopic (exact) mass is 531 g/mol. The van der Waals surface area contributed by atoms with Crippen LogP contribution in [0.25, 0.3) is 0 Å². The fraction of sp³-hybridized carbons (Fsp3) is 0.208. The Bertz CT molecular complexity index is 1320. The molecule has 0 spiro atoms. The first-order chi connectivity index (χ1) is 16.8. The summed E-state index contributed by atoms with van der Waals surface area (Å²) in [5.74, 6) is -0.129. The number of thiocarbonyl (C=S) groups is 1. The highest BCUT2D eigenvalue weighted by atomic mass is 35.5. The molecule has 0 atom stereocenters. The maximum atomic E-state index is 13.4. The first kappa shape index (κ1) is 26.5. The second-order valence-electron chi connectivity index (χ2n) is 7.48. The van der Waals surface area contributed by atoms with Gasteiger partial charge in [-0.2, -0.15) is 9.57 Å². The van der Waals surface area contributed by atoms with Crippen molar-refractivity contribution in [2.45, 2.75) is 24.2 Å². The van der Waals surface area contributed by atoms with Crippen LogP contribution in [0, 0.1) is 11.3 Å². The van der Waals surface area contributed by atoms with Gasteiger partial charge in [0, 0.05) is 30.8 Å². The lowest BCUT2D eigenvalue weighted by Gasteiger charge is -2.23. The van der Waals surface area contributed by atoms with E-state index in [9.17, 15) is 18.5 Å². The number of ether oxygens (including phenoxy) is 1. The Morgan fingerprint density at radius 3 is 2.63 bits per heavy atom. The largest absolute Gasteiger partial charge is 0.456 e. The van der Waals surface area contributed by atoms with Crippen molar-refractivity contribution in [2.24, 2.45) is 0 Å². The summed E-state index contributed by atoms with van der Waals surface area (Å²) in [6.07, 6.45) is 6.46. The van der Waals surface area contributed by atoms with Crippen molar-refractivity contribution in [2.75, 3.05) is 13.1 Å². The molecule has 35 heavy (non-hydrogen) atoms. The molecule has 1 aliphatic rings. The summed E-state index contributed by atoms with van der Waals surface area (Å²) in [4.78, 5) is 12.3. The molecule has 0 aliphatic heterocycles. The molecule has 0 heterocycles. The third-order valence-electron chi connectivity index (χ3n) is 5.21. The van der Waals surface area contributed by atoms with E-state index in [-0.39, 0.29) is 40.7 Å². The molecule has 2 N–H and O–H groups in total. The number of rotatable bonds is 10. The second kappa shape index (κ2) is 12.1. The molecule has 1 aliphatic carbocycles. The molecule has 0 saturated heterocycles. The molecule has 3 rings (SSSR count). The second-order valence-corrected chi connectivity index (χ2v) is 10.3. The zero-order valence-electron chi connectivity index (χ0n) is 18.5. The Kier molecular flexibility index (Phi) is 9.14. The third kappa shape index (κ3) is 6.75. The summed E-state index contributed by atoms with van der Waals surface area (Å²) < 4.78 is 33.6. The number of hydroxylamine groups is 1. The van der Waals surface area contributed by atoms with Crippen molar-refractivity contribution < 1.29 is 23.2 Å². The van der Waals surface area contributed by atoms with Gasteiger partial charge in [0.1, 0.15) is 23.1 Å². The van der Waals surface area contributed by atoms with Crippen LogP contribution in [0.15, 0.2) is 71.2 Å². The predicted molar refractivity (Wildman–Crippen MR) is 135 cm³/mol. The first-order valence-electron chi connectivity index (χ1n) is 10.5. The van der Waals surface area contributed by atoms with Crippen LogP contribution in [0.2, 0.25) is 5.02 Å². The quantitative estimate of drug-likeness (QED) is 0.262. The van der Waals surface area contributed by atoms with Gasteiger partial charge < -0.3 is 4.74 Å². The van der Waals surface area contributed by atoms with E-state index in [1.54, 1.807) is 18.2 Å². The highest BCUT2D eigenvalue weighted by Gasteiger charge is 2.26. The summed E-state index contributed by atoms with van der Waals surface area (Å²) in [6.45, 7) is -0.0238. The molecule has 8 nitrogen and oxygen atoms in total. The van der Waals surface area contributed by atoms with Gasteiger partial charge in [-0.25, -0.2) is 13.9 Å². The van der Waals surface area contributed by atoms with Crippen molar-refractivity contribution >= 4 is 44.6 Å². The molecule has 0 saturated carbocycles. The van der Waals surface area contributed by atoms with Gasteiger partial charge in [0.25, 0.3) is 0 Å². The Balaban J connectivity index is 1.80. The lowest BCUT2D eigenvalue weighted by Crippen LogP contribution is -2.36. The minimum atomic E-state index is -3.98. The van der Waals surface area contributed by atoms with Crippen molar-refractivity contribution in [3.8, 4) is 17.6 Å². The van der Waals surface area contributed by atoms with E-state index in [1.807, 2.05) is 24.3 Å². The van der Waals surface area contributed by atoms with Crippen molar-refractivity contribution in [1.82, 2.24) is 9.79 Å². The van der Waals surface area contributed by atoms with E-state index in [2.05, 4.69) is 0 Å². The molecule has 1 amide bonds. The number of allylic oxidation sites excluding steroid dienone is 3. The van der Waals surface area contributed by atoms with Gasteiger partial charge in [0.2, 0.25) is 15.9 Å². The molecule has 0 radical (unpaired) electrons. The van der Waals surface area contributed by atoms with Crippen molar-refractivity contribution in [3.63, 3.8) is 0 Å². The lowest BCUT2D eigenvalue weighted by atomic mass is 10.0. The number of amides is 1. The zero-order valence-corrected chi connectivity index (χ0v) is 20.9. The molecule has 0 unspecified atom stereocenters. The molecule has 2 aromatic carbocycles. The predicted octanol–water partition coefficient (Wildman–Crippen LogP) is 4.54. The fourth-order valence-electron chi connectivity index (χ4n) is 3.34. The van der Waals surface area contributed by atoms with E-state index in [4.69, 9.17) is 33.8 Å². The minimum Gasteiger partial charge on any atom is -0.456 e. The van der Waals surface area contributed by atoms with Crippen LogP contribution in [0.4, 0.5) is 0 Å². The number of carbonyl (C=O) groups excluding carboxylic acids is 1. The number of nitrogens with zero attached hydrogens (tertiary/aromatic N) is 2. The number of hydrogen-bond acceptors (Lipinski definition) is 7. The van der Waals surface area contributed by atoms with Gasteiger partial charge in [-0.1, -0.05) is 48.1 Å². The zero-order chi connectivity index (χ0) is 25.4. The molecule has 182 valence electrons. The average Bonchev–Trinajstić information content (AvgIpc) is 2.85. The number of carbonyl (C=O) groups is 1. The van der Waals surface area contributed by atoms with Crippen LogP contribution in [0.1, 0.15) is 24.8 Å². The van der Waals surface area contributed by atoms with E-state index in [0.717, 1.165) is 10.4 Å². The molecule has 11 heteroatoms. The number of benzene rings is 2.